The lowest BCUT2D eigenvalue weighted by Gasteiger charge is -2.45. The van der Waals surface area contributed by atoms with E-state index in [0.29, 0.717) is 11.7 Å². The molecule has 2 fully saturated rings. The molecule has 2 aliphatic rings. The molecule has 1 aromatic rings. The average Bonchev–Trinajstić information content (AvgIpc) is 3.18. The highest BCUT2D eigenvalue weighted by Gasteiger charge is 2.39. The monoisotopic (exact) mass is 259 g/mol. The van der Waals surface area contributed by atoms with E-state index in [4.69, 9.17) is 0 Å². The molecule has 19 heavy (non-hydrogen) atoms. The Hall–Kier alpha value is -1.02. The molecule has 0 spiro atoms. The van der Waals surface area contributed by atoms with Crippen LogP contribution in [-0.2, 0) is 5.41 Å². The van der Waals surface area contributed by atoms with E-state index in [1.54, 1.807) is 6.07 Å². The molecule has 1 aliphatic carbocycles. The number of phenolic OH excluding ortho intramolecular Hbond substituents is 1. The SMILES string of the molecule is C[C@H]1CN(CC2CC2)CC[C@]1(C)c1cccc(O)c1. The van der Waals surface area contributed by atoms with Gasteiger partial charge in [-0.1, -0.05) is 26.0 Å². The lowest BCUT2D eigenvalue weighted by atomic mass is 9.68. The van der Waals surface area contributed by atoms with Gasteiger partial charge in [0.25, 0.3) is 0 Å². The van der Waals surface area contributed by atoms with Gasteiger partial charge in [0.15, 0.2) is 0 Å². The third kappa shape index (κ3) is 2.64. The number of nitrogens with zero attached hydrogens (tertiary/aromatic N) is 1. The molecule has 2 atom stereocenters. The van der Waals surface area contributed by atoms with Crippen molar-refractivity contribution in [2.75, 3.05) is 19.6 Å². The van der Waals surface area contributed by atoms with Crippen molar-refractivity contribution in [1.82, 2.24) is 4.90 Å². The molecular weight excluding hydrogens is 234 g/mol. The van der Waals surface area contributed by atoms with Gasteiger partial charge in [0.2, 0.25) is 0 Å². The first-order valence-corrected chi connectivity index (χ1v) is 7.60. The Labute approximate surface area is 116 Å². The van der Waals surface area contributed by atoms with Crippen LogP contribution in [-0.4, -0.2) is 29.6 Å². The first kappa shape index (κ1) is 13.0. The first-order valence-electron chi connectivity index (χ1n) is 7.60. The van der Waals surface area contributed by atoms with Crippen LogP contribution in [0, 0.1) is 11.8 Å². The number of piperidine rings is 1. The molecule has 1 saturated heterocycles. The van der Waals surface area contributed by atoms with Crippen molar-refractivity contribution >= 4 is 0 Å². The minimum atomic E-state index is 0.207. The van der Waals surface area contributed by atoms with E-state index < -0.39 is 0 Å². The Morgan fingerprint density at radius 3 is 2.79 bits per heavy atom. The molecule has 1 aliphatic heterocycles. The molecule has 0 radical (unpaired) electrons. The van der Waals surface area contributed by atoms with Crippen molar-refractivity contribution in [2.24, 2.45) is 11.8 Å². The van der Waals surface area contributed by atoms with Crippen molar-refractivity contribution in [3.63, 3.8) is 0 Å². The van der Waals surface area contributed by atoms with Crippen LogP contribution in [0.3, 0.4) is 0 Å². The normalized spacial score (nSPS) is 32.4. The maximum atomic E-state index is 9.71. The number of rotatable bonds is 3. The van der Waals surface area contributed by atoms with Crippen LogP contribution in [0.25, 0.3) is 0 Å². The summed E-state index contributed by atoms with van der Waals surface area (Å²) in [5.41, 5.74) is 1.50. The van der Waals surface area contributed by atoms with Crippen molar-refractivity contribution in [3.05, 3.63) is 29.8 Å². The Morgan fingerprint density at radius 2 is 2.16 bits per heavy atom. The number of hydrogen-bond acceptors (Lipinski definition) is 2. The van der Waals surface area contributed by atoms with Crippen LogP contribution in [0.1, 0.15) is 38.7 Å². The van der Waals surface area contributed by atoms with E-state index in [0.717, 1.165) is 5.92 Å². The van der Waals surface area contributed by atoms with Gasteiger partial charge in [-0.2, -0.15) is 0 Å². The third-order valence-electron chi connectivity index (χ3n) is 5.29. The maximum Gasteiger partial charge on any atom is 0.115 e. The van der Waals surface area contributed by atoms with Crippen LogP contribution in [0.5, 0.6) is 5.75 Å². The summed E-state index contributed by atoms with van der Waals surface area (Å²) in [7, 11) is 0. The van der Waals surface area contributed by atoms with Gasteiger partial charge in [-0.25, -0.2) is 0 Å². The Bertz CT molecular complexity index is 454. The zero-order chi connectivity index (χ0) is 13.5. The summed E-state index contributed by atoms with van der Waals surface area (Å²) in [5, 5.41) is 9.71. The van der Waals surface area contributed by atoms with Crippen molar-refractivity contribution in [2.45, 2.75) is 38.5 Å². The molecule has 1 heterocycles. The Balaban J connectivity index is 1.73. The summed E-state index contributed by atoms with van der Waals surface area (Å²) in [6, 6.07) is 7.86. The van der Waals surface area contributed by atoms with E-state index in [-0.39, 0.29) is 5.41 Å². The molecule has 1 saturated carbocycles. The summed E-state index contributed by atoms with van der Waals surface area (Å²) >= 11 is 0. The quantitative estimate of drug-likeness (QED) is 0.899. The highest BCUT2D eigenvalue weighted by molar-refractivity contribution is 5.33. The molecule has 0 unspecified atom stereocenters. The van der Waals surface area contributed by atoms with Gasteiger partial charge in [-0.15, -0.1) is 0 Å². The molecule has 0 amide bonds. The van der Waals surface area contributed by atoms with E-state index in [1.165, 1.54) is 44.5 Å². The van der Waals surface area contributed by atoms with E-state index in [2.05, 4.69) is 24.8 Å². The van der Waals surface area contributed by atoms with Crippen LogP contribution in [0.2, 0.25) is 0 Å². The zero-order valence-electron chi connectivity index (χ0n) is 12.1. The number of benzene rings is 1. The zero-order valence-corrected chi connectivity index (χ0v) is 12.1. The van der Waals surface area contributed by atoms with Crippen molar-refractivity contribution in [1.29, 1.82) is 0 Å². The van der Waals surface area contributed by atoms with Gasteiger partial charge in [0.1, 0.15) is 5.75 Å². The molecule has 0 bridgehead atoms. The summed E-state index contributed by atoms with van der Waals surface area (Å²) in [4.78, 5) is 2.65. The molecular formula is C17H25NO. The van der Waals surface area contributed by atoms with Gasteiger partial charge in [-0.3, -0.25) is 0 Å². The fourth-order valence-corrected chi connectivity index (χ4v) is 3.44. The minimum Gasteiger partial charge on any atom is -0.508 e. The lowest BCUT2D eigenvalue weighted by molar-refractivity contribution is 0.107. The summed E-state index contributed by atoms with van der Waals surface area (Å²) in [6.07, 6.45) is 4.08. The molecule has 1 N–H and O–H groups in total. The van der Waals surface area contributed by atoms with E-state index in [1.807, 2.05) is 12.1 Å². The van der Waals surface area contributed by atoms with Gasteiger partial charge in [-0.05, 0) is 60.8 Å². The minimum absolute atomic E-state index is 0.207. The molecule has 2 heteroatoms. The topological polar surface area (TPSA) is 23.5 Å². The number of aromatic hydroxyl groups is 1. The standard InChI is InChI=1S/C17H25NO/c1-13-11-18(12-14-6-7-14)9-8-17(13,2)15-4-3-5-16(19)10-15/h3-5,10,13-14,19H,6-9,11-12H2,1-2H3/t13-,17-/m0/s1. The number of phenols is 1. The second kappa shape index (κ2) is 4.82. The molecule has 2 nitrogen and oxygen atoms in total. The van der Waals surface area contributed by atoms with Crippen LogP contribution in [0.15, 0.2) is 24.3 Å². The Kier molecular flexibility index (Phi) is 3.30. The van der Waals surface area contributed by atoms with Gasteiger partial charge in [0, 0.05) is 13.1 Å². The van der Waals surface area contributed by atoms with Crippen molar-refractivity contribution in [3.8, 4) is 5.75 Å². The largest absolute Gasteiger partial charge is 0.508 e. The first-order chi connectivity index (χ1) is 9.08. The number of likely N-dealkylation sites (tertiary alicyclic amines) is 1. The molecule has 104 valence electrons. The van der Waals surface area contributed by atoms with E-state index >= 15 is 0 Å². The highest BCUT2D eigenvalue weighted by atomic mass is 16.3. The van der Waals surface area contributed by atoms with Gasteiger partial charge >= 0.3 is 0 Å². The number of hydrogen-bond donors (Lipinski definition) is 1. The third-order valence-corrected chi connectivity index (χ3v) is 5.29. The Morgan fingerprint density at radius 1 is 1.37 bits per heavy atom. The average molecular weight is 259 g/mol. The summed E-state index contributed by atoms with van der Waals surface area (Å²) in [6.45, 7) is 8.43. The molecule has 0 aromatic heterocycles. The van der Waals surface area contributed by atoms with Crippen molar-refractivity contribution < 1.29 is 5.11 Å². The van der Waals surface area contributed by atoms with Gasteiger partial charge < -0.3 is 10.0 Å². The predicted octanol–water partition coefficient (Wildman–Crippen LogP) is 3.40. The smallest absolute Gasteiger partial charge is 0.115 e. The van der Waals surface area contributed by atoms with Crippen LogP contribution >= 0.6 is 0 Å². The molecule has 3 rings (SSSR count). The summed E-state index contributed by atoms with van der Waals surface area (Å²) in [5.74, 6) is 2.02. The lowest BCUT2D eigenvalue weighted by Crippen LogP contribution is -2.47. The maximum absolute atomic E-state index is 9.71. The molecule has 1 aromatic carbocycles. The fourth-order valence-electron chi connectivity index (χ4n) is 3.44. The summed E-state index contributed by atoms with van der Waals surface area (Å²) < 4.78 is 0. The van der Waals surface area contributed by atoms with Crippen LogP contribution in [0.4, 0.5) is 0 Å². The predicted molar refractivity (Wildman–Crippen MR) is 78.4 cm³/mol. The second-order valence-corrected chi connectivity index (χ2v) is 6.82. The fraction of sp³-hybridized carbons (Fsp3) is 0.647. The van der Waals surface area contributed by atoms with Crippen LogP contribution < -0.4 is 0 Å². The van der Waals surface area contributed by atoms with E-state index in [9.17, 15) is 5.11 Å². The highest BCUT2D eigenvalue weighted by Crippen LogP contribution is 2.41. The second-order valence-electron chi connectivity index (χ2n) is 6.82. The van der Waals surface area contributed by atoms with Gasteiger partial charge in [0.05, 0.1) is 0 Å².